The molecule has 2 rings (SSSR count). The molecule has 1 aliphatic rings. The lowest BCUT2D eigenvalue weighted by atomic mass is 10.2. The number of benzene rings is 1. The molecular weight excluding hydrogens is 278 g/mol. The van der Waals surface area contributed by atoms with Crippen molar-refractivity contribution in [3.05, 3.63) is 23.8 Å². The summed E-state index contributed by atoms with van der Waals surface area (Å²) in [4.78, 5) is 36.6. The van der Waals surface area contributed by atoms with E-state index in [9.17, 15) is 14.4 Å². The number of methoxy groups -OCH3 is 1. The standard InChI is InChI=1S/C14H15NO4S/c1-19-14(18)3-2-6-15-11-7-10(8-16)4-5-12(11)20-9-13(15)17/h4-5,7-8H,2-3,6,9H2,1H3. The Morgan fingerprint density at radius 2 is 2.30 bits per heavy atom. The van der Waals surface area contributed by atoms with E-state index in [0.29, 0.717) is 24.3 Å². The highest BCUT2D eigenvalue weighted by Gasteiger charge is 2.24. The van der Waals surface area contributed by atoms with Crippen LogP contribution in [0.5, 0.6) is 0 Å². The number of esters is 1. The molecule has 1 aliphatic heterocycles. The van der Waals surface area contributed by atoms with Gasteiger partial charge in [0.1, 0.15) is 6.29 Å². The summed E-state index contributed by atoms with van der Waals surface area (Å²) >= 11 is 1.47. The molecule has 5 nitrogen and oxygen atoms in total. The van der Waals surface area contributed by atoms with Crippen molar-refractivity contribution >= 4 is 35.6 Å². The molecule has 0 fully saturated rings. The smallest absolute Gasteiger partial charge is 0.305 e. The van der Waals surface area contributed by atoms with Crippen LogP contribution in [-0.2, 0) is 14.3 Å². The zero-order chi connectivity index (χ0) is 14.5. The fourth-order valence-corrected chi connectivity index (χ4v) is 2.94. The van der Waals surface area contributed by atoms with E-state index in [2.05, 4.69) is 4.74 Å². The average molecular weight is 293 g/mol. The fourth-order valence-electron chi connectivity index (χ4n) is 2.02. The number of carbonyl (C=O) groups is 3. The predicted octanol–water partition coefficient (Wildman–Crippen LogP) is 1.89. The largest absolute Gasteiger partial charge is 0.469 e. The summed E-state index contributed by atoms with van der Waals surface area (Å²) in [6, 6.07) is 5.30. The number of amides is 1. The van der Waals surface area contributed by atoms with Crippen LogP contribution < -0.4 is 4.90 Å². The molecule has 20 heavy (non-hydrogen) atoms. The maximum atomic E-state index is 12.0. The Morgan fingerprint density at radius 3 is 3.00 bits per heavy atom. The van der Waals surface area contributed by atoms with Crippen LogP contribution in [0.3, 0.4) is 0 Å². The number of fused-ring (bicyclic) bond motifs is 1. The van der Waals surface area contributed by atoms with Crippen molar-refractivity contribution in [1.82, 2.24) is 0 Å². The Hall–Kier alpha value is -1.82. The van der Waals surface area contributed by atoms with E-state index in [0.717, 1.165) is 16.9 Å². The highest BCUT2D eigenvalue weighted by Crippen LogP contribution is 2.35. The van der Waals surface area contributed by atoms with E-state index in [4.69, 9.17) is 0 Å². The highest BCUT2D eigenvalue weighted by atomic mass is 32.2. The van der Waals surface area contributed by atoms with Gasteiger partial charge in [0.15, 0.2) is 0 Å². The van der Waals surface area contributed by atoms with Crippen LogP contribution in [0.25, 0.3) is 0 Å². The number of hydrogen-bond donors (Lipinski definition) is 0. The monoisotopic (exact) mass is 293 g/mol. The Labute approximate surface area is 121 Å². The first-order chi connectivity index (χ1) is 9.65. The van der Waals surface area contributed by atoms with E-state index in [1.807, 2.05) is 6.07 Å². The molecule has 0 unspecified atom stereocenters. The Balaban J connectivity index is 2.14. The van der Waals surface area contributed by atoms with Crippen LogP contribution in [0, 0.1) is 0 Å². The maximum Gasteiger partial charge on any atom is 0.305 e. The second-order valence-corrected chi connectivity index (χ2v) is 5.38. The topological polar surface area (TPSA) is 63.7 Å². The average Bonchev–Trinajstić information content (AvgIpc) is 2.48. The van der Waals surface area contributed by atoms with E-state index < -0.39 is 0 Å². The van der Waals surface area contributed by atoms with Crippen molar-refractivity contribution in [3.8, 4) is 0 Å². The van der Waals surface area contributed by atoms with Gasteiger partial charge in [0, 0.05) is 23.4 Å². The van der Waals surface area contributed by atoms with Crippen LogP contribution in [-0.4, -0.2) is 37.6 Å². The van der Waals surface area contributed by atoms with Crippen molar-refractivity contribution < 1.29 is 19.1 Å². The molecule has 0 aliphatic carbocycles. The van der Waals surface area contributed by atoms with Crippen molar-refractivity contribution in [2.24, 2.45) is 0 Å². The molecule has 1 aromatic rings. The number of nitrogens with zero attached hydrogens (tertiary/aromatic N) is 1. The first-order valence-electron chi connectivity index (χ1n) is 6.25. The van der Waals surface area contributed by atoms with Gasteiger partial charge < -0.3 is 9.64 Å². The third-order valence-corrected chi connectivity index (χ3v) is 4.10. The van der Waals surface area contributed by atoms with Crippen molar-refractivity contribution in [2.45, 2.75) is 17.7 Å². The third-order valence-electron chi connectivity index (χ3n) is 3.05. The SMILES string of the molecule is COC(=O)CCCN1C(=O)CSc2ccc(C=O)cc21. The van der Waals surface area contributed by atoms with Crippen LogP contribution in [0.4, 0.5) is 5.69 Å². The maximum absolute atomic E-state index is 12.0. The van der Waals surface area contributed by atoms with Crippen molar-refractivity contribution in [2.75, 3.05) is 24.3 Å². The minimum absolute atomic E-state index is 0.00425. The van der Waals surface area contributed by atoms with Gasteiger partial charge in [-0.1, -0.05) is 6.07 Å². The van der Waals surface area contributed by atoms with Gasteiger partial charge in [-0.2, -0.15) is 0 Å². The van der Waals surface area contributed by atoms with Gasteiger partial charge in [-0.05, 0) is 18.6 Å². The molecule has 0 radical (unpaired) electrons. The van der Waals surface area contributed by atoms with Crippen LogP contribution in [0.15, 0.2) is 23.1 Å². The van der Waals surface area contributed by atoms with Gasteiger partial charge >= 0.3 is 5.97 Å². The minimum atomic E-state index is -0.286. The highest BCUT2D eigenvalue weighted by molar-refractivity contribution is 8.00. The predicted molar refractivity (Wildman–Crippen MR) is 76.2 cm³/mol. The van der Waals surface area contributed by atoms with E-state index in [1.165, 1.54) is 18.9 Å². The number of anilines is 1. The molecule has 0 saturated carbocycles. The number of rotatable bonds is 5. The molecular formula is C14H15NO4S. The van der Waals surface area contributed by atoms with Crippen LogP contribution >= 0.6 is 11.8 Å². The van der Waals surface area contributed by atoms with E-state index in [1.54, 1.807) is 17.0 Å². The van der Waals surface area contributed by atoms with Gasteiger partial charge in [0.2, 0.25) is 5.91 Å². The molecule has 1 heterocycles. The van der Waals surface area contributed by atoms with Crippen molar-refractivity contribution in [3.63, 3.8) is 0 Å². The van der Waals surface area contributed by atoms with Gasteiger partial charge in [0.25, 0.3) is 0 Å². The molecule has 6 heteroatoms. The fraction of sp³-hybridized carbons (Fsp3) is 0.357. The Kier molecular flexibility index (Phi) is 4.79. The quantitative estimate of drug-likeness (QED) is 0.613. The molecule has 106 valence electrons. The normalized spacial score (nSPS) is 13.8. The molecule has 0 saturated heterocycles. The number of thioether (sulfide) groups is 1. The van der Waals surface area contributed by atoms with E-state index >= 15 is 0 Å². The molecule has 0 atom stereocenters. The number of aldehydes is 1. The number of ether oxygens (including phenoxy) is 1. The minimum Gasteiger partial charge on any atom is -0.469 e. The summed E-state index contributed by atoms with van der Waals surface area (Å²) in [5, 5.41) is 0. The second kappa shape index (κ2) is 6.56. The molecule has 1 amide bonds. The molecule has 1 aromatic carbocycles. The zero-order valence-corrected chi connectivity index (χ0v) is 11.9. The third kappa shape index (κ3) is 3.19. The second-order valence-electron chi connectivity index (χ2n) is 4.36. The lowest BCUT2D eigenvalue weighted by Crippen LogP contribution is -2.36. The first-order valence-corrected chi connectivity index (χ1v) is 7.23. The van der Waals surface area contributed by atoms with Gasteiger partial charge in [0.05, 0.1) is 18.6 Å². The summed E-state index contributed by atoms with van der Waals surface area (Å²) in [6.07, 6.45) is 1.57. The van der Waals surface area contributed by atoms with Crippen LogP contribution in [0.1, 0.15) is 23.2 Å². The summed E-state index contributed by atoms with van der Waals surface area (Å²) in [5.74, 6) is 0.0900. The van der Waals surface area contributed by atoms with Gasteiger partial charge in [-0.3, -0.25) is 14.4 Å². The summed E-state index contributed by atoms with van der Waals surface area (Å²) in [6.45, 7) is 0.448. The summed E-state index contributed by atoms with van der Waals surface area (Å²) < 4.78 is 4.58. The zero-order valence-electron chi connectivity index (χ0n) is 11.1. The van der Waals surface area contributed by atoms with Crippen LogP contribution in [0.2, 0.25) is 0 Å². The lowest BCUT2D eigenvalue weighted by Gasteiger charge is -2.29. The summed E-state index contributed by atoms with van der Waals surface area (Å²) in [7, 11) is 1.34. The molecule has 0 N–H and O–H groups in total. The number of hydrogen-bond acceptors (Lipinski definition) is 5. The molecule has 0 bridgehead atoms. The number of carbonyl (C=O) groups excluding carboxylic acids is 3. The molecule has 0 aromatic heterocycles. The summed E-state index contributed by atoms with van der Waals surface area (Å²) in [5.41, 5.74) is 1.29. The molecule has 0 spiro atoms. The first kappa shape index (κ1) is 14.6. The lowest BCUT2D eigenvalue weighted by molar-refractivity contribution is -0.140. The van der Waals surface area contributed by atoms with Gasteiger partial charge in [-0.25, -0.2) is 0 Å². The Morgan fingerprint density at radius 1 is 1.50 bits per heavy atom. The van der Waals surface area contributed by atoms with E-state index in [-0.39, 0.29) is 18.3 Å². The Bertz CT molecular complexity index is 544. The van der Waals surface area contributed by atoms with Crippen molar-refractivity contribution in [1.29, 1.82) is 0 Å². The van der Waals surface area contributed by atoms with Gasteiger partial charge in [-0.15, -0.1) is 11.8 Å².